The van der Waals surface area contributed by atoms with Crippen molar-refractivity contribution in [3.63, 3.8) is 0 Å². The van der Waals surface area contributed by atoms with Gasteiger partial charge in [-0.05, 0) is 23.8 Å². The maximum absolute atomic E-state index is 2.37. The molecule has 0 aromatic rings. The van der Waals surface area contributed by atoms with Gasteiger partial charge in [0, 0.05) is 4.24 Å². The molecule has 1 aliphatic heterocycles. The van der Waals surface area contributed by atoms with Gasteiger partial charge in [-0.25, -0.2) is 0 Å². The number of rotatable bonds is 1. The van der Waals surface area contributed by atoms with E-state index in [1.165, 1.54) is 17.9 Å². The van der Waals surface area contributed by atoms with Crippen molar-refractivity contribution in [2.75, 3.05) is 11.5 Å². The van der Waals surface area contributed by atoms with Gasteiger partial charge in [0.25, 0.3) is 0 Å². The lowest BCUT2D eigenvalue weighted by Gasteiger charge is -2.12. The Morgan fingerprint density at radius 1 is 1.30 bits per heavy atom. The summed E-state index contributed by atoms with van der Waals surface area (Å²) < 4.78 is 1.54. The van der Waals surface area contributed by atoms with Gasteiger partial charge in [-0.1, -0.05) is 19.9 Å². The van der Waals surface area contributed by atoms with Crippen LogP contribution in [0.3, 0.4) is 0 Å². The Bertz CT molecular complexity index is 119. The lowest BCUT2D eigenvalue weighted by molar-refractivity contribution is 0.832. The second-order valence-corrected chi connectivity index (χ2v) is 5.31. The first-order valence-corrected chi connectivity index (χ1v) is 5.73. The van der Waals surface area contributed by atoms with Crippen molar-refractivity contribution in [2.45, 2.75) is 20.3 Å². The fourth-order valence-corrected chi connectivity index (χ4v) is 3.55. The van der Waals surface area contributed by atoms with Crippen molar-refractivity contribution < 1.29 is 0 Å². The molecule has 0 spiro atoms. The highest BCUT2D eigenvalue weighted by atomic mass is 32.2. The molecule has 1 heterocycles. The predicted molar refractivity (Wildman–Crippen MR) is 52.5 cm³/mol. The first-order chi connectivity index (χ1) is 4.79. The maximum Gasteiger partial charge on any atom is 0.0363 e. The van der Waals surface area contributed by atoms with E-state index in [-0.39, 0.29) is 0 Å². The van der Waals surface area contributed by atoms with Gasteiger partial charge < -0.3 is 0 Å². The molecule has 0 bridgehead atoms. The molecule has 58 valence electrons. The summed E-state index contributed by atoms with van der Waals surface area (Å²) >= 11 is 4.03. The molecule has 1 rings (SSSR count). The Labute approximate surface area is 71.8 Å². The maximum atomic E-state index is 2.37. The summed E-state index contributed by atoms with van der Waals surface area (Å²) in [5.41, 5.74) is 0. The van der Waals surface area contributed by atoms with Crippen LogP contribution in [0.1, 0.15) is 20.3 Å². The van der Waals surface area contributed by atoms with E-state index >= 15 is 0 Å². The van der Waals surface area contributed by atoms with E-state index in [2.05, 4.69) is 19.9 Å². The zero-order chi connectivity index (χ0) is 7.40. The Hall–Kier alpha value is 0.440. The van der Waals surface area contributed by atoms with Gasteiger partial charge in [0.1, 0.15) is 0 Å². The smallest absolute Gasteiger partial charge is 0.0363 e. The minimum Gasteiger partial charge on any atom is -0.120 e. The summed E-state index contributed by atoms with van der Waals surface area (Å²) in [6.45, 7) is 4.48. The summed E-state index contributed by atoms with van der Waals surface area (Å²) in [7, 11) is 0. The summed E-state index contributed by atoms with van der Waals surface area (Å²) in [5, 5.41) is 0. The average molecular weight is 174 g/mol. The normalized spacial score (nSPS) is 19.7. The molecule has 0 N–H and O–H groups in total. The van der Waals surface area contributed by atoms with Crippen LogP contribution in [0.2, 0.25) is 0 Å². The van der Waals surface area contributed by atoms with E-state index in [1.807, 2.05) is 23.5 Å². The topological polar surface area (TPSA) is 0 Å². The van der Waals surface area contributed by atoms with E-state index in [1.54, 1.807) is 4.24 Å². The van der Waals surface area contributed by atoms with Gasteiger partial charge in [0.05, 0.1) is 0 Å². The average Bonchev–Trinajstić information content (AvgIpc) is 1.88. The zero-order valence-electron chi connectivity index (χ0n) is 6.59. The monoisotopic (exact) mass is 174 g/mol. The number of allylic oxidation sites excluding steroid dienone is 1. The third-order valence-corrected chi connectivity index (χ3v) is 3.78. The molecule has 0 nitrogen and oxygen atoms in total. The molecular formula is C8H14S2. The lowest BCUT2D eigenvalue weighted by atomic mass is 10.2. The van der Waals surface area contributed by atoms with Gasteiger partial charge in [-0.2, -0.15) is 0 Å². The van der Waals surface area contributed by atoms with E-state index in [0.29, 0.717) is 5.92 Å². The lowest BCUT2D eigenvalue weighted by Crippen LogP contribution is -1.92. The van der Waals surface area contributed by atoms with E-state index < -0.39 is 0 Å². The molecule has 0 amide bonds. The van der Waals surface area contributed by atoms with Crippen LogP contribution >= 0.6 is 23.5 Å². The van der Waals surface area contributed by atoms with Crippen LogP contribution in [-0.2, 0) is 0 Å². The van der Waals surface area contributed by atoms with Crippen LogP contribution in [0.5, 0.6) is 0 Å². The molecule has 0 atom stereocenters. The van der Waals surface area contributed by atoms with Crippen LogP contribution in [0.25, 0.3) is 0 Å². The summed E-state index contributed by atoms with van der Waals surface area (Å²) in [6.07, 6.45) is 3.75. The van der Waals surface area contributed by atoms with Gasteiger partial charge in [-0.3, -0.25) is 0 Å². The van der Waals surface area contributed by atoms with Gasteiger partial charge in [0.15, 0.2) is 0 Å². The fourth-order valence-electron chi connectivity index (χ4n) is 0.815. The van der Waals surface area contributed by atoms with E-state index in [4.69, 9.17) is 0 Å². The third kappa shape index (κ3) is 3.02. The Morgan fingerprint density at radius 2 is 1.90 bits per heavy atom. The van der Waals surface area contributed by atoms with Gasteiger partial charge >= 0.3 is 0 Å². The third-order valence-electron chi connectivity index (χ3n) is 1.25. The van der Waals surface area contributed by atoms with E-state index in [0.717, 1.165) is 0 Å². The second-order valence-electron chi connectivity index (χ2n) is 2.78. The molecule has 1 aliphatic rings. The number of hydrogen-bond acceptors (Lipinski definition) is 2. The van der Waals surface area contributed by atoms with Crippen molar-refractivity contribution in [1.82, 2.24) is 0 Å². The molecule has 0 saturated carbocycles. The minimum absolute atomic E-state index is 0.716. The first-order valence-electron chi connectivity index (χ1n) is 3.76. The van der Waals surface area contributed by atoms with Gasteiger partial charge in [-0.15, -0.1) is 23.5 Å². The number of thioether (sulfide) groups is 2. The molecule has 1 saturated heterocycles. The van der Waals surface area contributed by atoms with Crippen molar-refractivity contribution in [2.24, 2.45) is 5.92 Å². The Balaban J connectivity index is 2.37. The molecular weight excluding hydrogens is 160 g/mol. The van der Waals surface area contributed by atoms with Crippen molar-refractivity contribution in [3.8, 4) is 0 Å². The van der Waals surface area contributed by atoms with Crippen LogP contribution in [0, 0.1) is 5.92 Å². The van der Waals surface area contributed by atoms with Crippen LogP contribution in [0.15, 0.2) is 10.3 Å². The standard InChI is InChI=1S/C8H14S2/c1-7(2)6-8-9-4-3-5-10-8/h6-7H,3-5H2,1-2H3. The summed E-state index contributed by atoms with van der Waals surface area (Å²) in [4.78, 5) is 0. The quantitative estimate of drug-likeness (QED) is 0.598. The summed E-state index contributed by atoms with van der Waals surface area (Å²) in [6, 6.07) is 0. The van der Waals surface area contributed by atoms with Crippen molar-refractivity contribution >= 4 is 23.5 Å². The van der Waals surface area contributed by atoms with Crippen LogP contribution < -0.4 is 0 Å². The molecule has 10 heavy (non-hydrogen) atoms. The molecule has 2 heteroatoms. The molecule has 0 unspecified atom stereocenters. The SMILES string of the molecule is CC(C)C=C1SCCCS1. The Morgan fingerprint density at radius 3 is 2.40 bits per heavy atom. The molecule has 0 aromatic heterocycles. The largest absolute Gasteiger partial charge is 0.120 e. The van der Waals surface area contributed by atoms with Crippen LogP contribution in [0.4, 0.5) is 0 Å². The number of hydrogen-bond donors (Lipinski definition) is 0. The van der Waals surface area contributed by atoms with Crippen molar-refractivity contribution in [1.29, 1.82) is 0 Å². The highest BCUT2D eigenvalue weighted by Crippen LogP contribution is 2.35. The molecule has 1 fully saturated rings. The van der Waals surface area contributed by atoms with Gasteiger partial charge in [0.2, 0.25) is 0 Å². The predicted octanol–water partition coefficient (Wildman–Crippen LogP) is 3.35. The van der Waals surface area contributed by atoms with E-state index in [9.17, 15) is 0 Å². The zero-order valence-corrected chi connectivity index (χ0v) is 8.23. The van der Waals surface area contributed by atoms with Crippen molar-refractivity contribution in [3.05, 3.63) is 10.3 Å². The highest BCUT2D eigenvalue weighted by Gasteiger charge is 2.05. The summed E-state index contributed by atoms with van der Waals surface area (Å²) in [5.74, 6) is 3.37. The van der Waals surface area contributed by atoms with Crippen LogP contribution in [-0.4, -0.2) is 11.5 Å². The second kappa shape index (κ2) is 4.35. The first kappa shape index (κ1) is 8.54. The highest BCUT2D eigenvalue weighted by molar-refractivity contribution is 8.22. The fraction of sp³-hybridized carbons (Fsp3) is 0.750. The minimum atomic E-state index is 0.716. The molecule has 0 radical (unpaired) electrons. The molecule has 0 aliphatic carbocycles. The Kier molecular flexibility index (Phi) is 3.71. The molecule has 0 aromatic carbocycles.